The van der Waals surface area contributed by atoms with E-state index in [0.717, 1.165) is 10.7 Å². The molecule has 1 aromatic rings. The van der Waals surface area contributed by atoms with Crippen molar-refractivity contribution in [2.75, 3.05) is 6.54 Å². The molecule has 96 valence electrons. The number of carbonyl (C=O) groups excluding carboxylic acids is 1. The van der Waals surface area contributed by atoms with E-state index < -0.39 is 0 Å². The first-order valence-electron chi connectivity index (χ1n) is 5.72. The lowest BCUT2D eigenvalue weighted by atomic mass is 9.97. The largest absolute Gasteiger partial charge is 0.338 e. The maximum absolute atomic E-state index is 11.5. The highest BCUT2D eigenvalue weighted by atomic mass is 32.1. The zero-order valence-corrected chi connectivity index (χ0v) is 12.0. The van der Waals surface area contributed by atoms with E-state index in [1.165, 1.54) is 4.88 Å². The second-order valence-corrected chi connectivity index (χ2v) is 6.63. The lowest BCUT2D eigenvalue weighted by Gasteiger charge is -2.18. The number of aromatic nitrogens is 1. The number of aryl methyl sites for hydroxylation is 2. The Morgan fingerprint density at radius 3 is 2.41 bits per heavy atom. The van der Waals surface area contributed by atoms with Crippen LogP contribution in [-0.4, -0.2) is 17.6 Å². The Labute approximate surface area is 107 Å². The van der Waals surface area contributed by atoms with E-state index in [4.69, 9.17) is 0 Å². The number of urea groups is 1. The van der Waals surface area contributed by atoms with Crippen molar-refractivity contribution >= 4 is 17.4 Å². The molecule has 0 unspecified atom stereocenters. The Hall–Kier alpha value is -1.10. The summed E-state index contributed by atoms with van der Waals surface area (Å²) in [5.74, 6) is 0. The molecule has 0 saturated carbocycles. The number of nitrogens with zero attached hydrogens (tertiary/aromatic N) is 1. The van der Waals surface area contributed by atoms with Gasteiger partial charge in [0.15, 0.2) is 0 Å². The number of hydrogen-bond acceptors (Lipinski definition) is 3. The van der Waals surface area contributed by atoms with Crippen LogP contribution in [0.25, 0.3) is 0 Å². The molecular formula is C12H21N3OS. The minimum atomic E-state index is -0.134. The SMILES string of the molecule is Cc1nc(CNC(=O)NCC(C)(C)C)sc1C. The number of amides is 2. The molecule has 0 radical (unpaired) electrons. The van der Waals surface area contributed by atoms with Crippen LogP contribution in [0.4, 0.5) is 4.79 Å². The zero-order valence-electron chi connectivity index (χ0n) is 11.2. The van der Waals surface area contributed by atoms with E-state index in [9.17, 15) is 4.79 Å². The highest BCUT2D eigenvalue weighted by Gasteiger charge is 2.12. The summed E-state index contributed by atoms with van der Waals surface area (Å²) in [5.41, 5.74) is 1.15. The lowest BCUT2D eigenvalue weighted by molar-refractivity contribution is 0.235. The van der Waals surface area contributed by atoms with Crippen LogP contribution in [0.2, 0.25) is 0 Å². The van der Waals surface area contributed by atoms with Gasteiger partial charge in [-0.1, -0.05) is 20.8 Å². The monoisotopic (exact) mass is 255 g/mol. The van der Waals surface area contributed by atoms with Gasteiger partial charge in [0.1, 0.15) is 5.01 Å². The third-order valence-corrected chi connectivity index (χ3v) is 3.33. The smallest absolute Gasteiger partial charge is 0.315 e. The van der Waals surface area contributed by atoms with Crippen LogP contribution in [0.5, 0.6) is 0 Å². The molecule has 1 heterocycles. The highest BCUT2D eigenvalue weighted by molar-refractivity contribution is 7.11. The number of nitrogens with one attached hydrogen (secondary N) is 2. The number of rotatable bonds is 3. The standard InChI is InChI=1S/C12H21N3OS/c1-8-9(2)17-10(15-8)6-13-11(16)14-7-12(3,4)5/h6-7H2,1-5H3,(H2,13,14,16). The lowest BCUT2D eigenvalue weighted by Crippen LogP contribution is -2.39. The van der Waals surface area contributed by atoms with Crippen molar-refractivity contribution < 1.29 is 4.79 Å². The Bertz CT molecular complexity index is 373. The molecule has 0 fully saturated rings. The van der Waals surface area contributed by atoms with E-state index in [1.807, 2.05) is 13.8 Å². The average molecular weight is 255 g/mol. The molecule has 4 nitrogen and oxygen atoms in total. The van der Waals surface area contributed by atoms with Crippen LogP contribution in [0.3, 0.4) is 0 Å². The fourth-order valence-corrected chi connectivity index (χ4v) is 2.05. The average Bonchev–Trinajstić information content (AvgIpc) is 2.51. The summed E-state index contributed by atoms with van der Waals surface area (Å²) in [5, 5.41) is 6.60. The van der Waals surface area contributed by atoms with Crippen LogP contribution in [0.15, 0.2) is 0 Å². The summed E-state index contributed by atoms with van der Waals surface area (Å²) < 4.78 is 0. The summed E-state index contributed by atoms with van der Waals surface area (Å²) in [6.07, 6.45) is 0. The fourth-order valence-electron chi connectivity index (χ4n) is 1.18. The van der Waals surface area contributed by atoms with E-state index in [2.05, 4.69) is 36.4 Å². The first-order valence-corrected chi connectivity index (χ1v) is 6.54. The van der Waals surface area contributed by atoms with Gasteiger partial charge < -0.3 is 10.6 Å². The van der Waals surface area contributed by atoms with Crippen LogP contribution in [0.1, 0.15) is 36.3 Å². The summed E-state index contributed by atoms with van der Waals surface area (Å²) in [4.78, 5) is 17.1. The maximum Gasteiger partial charge on any atom is 0.315 e. The third kappa shape index (κ3) is 5.17. The number of carbonyl (C=O) groups is 1. The van der Waals surface area contributed by atoms with E-state index in [1.54, 1.807) is 11.3 Å². The first kappa shape index (κ1) is 14.0. The van der Waals surface area contributed by atoms with Gasteiger partial charge in [0, 0.05) is 11.4 Å². The molecule has 1 rings (SSSR count). The van der Waals surface area contributed by atoms with Gasteiger partial charge in [-0.05, 0) is 19.3 Å². The topological polar surface area (TPSA) is 54.0 Å². The van der Waals surface area contributed by atoms with Crippen LogP contribution >= 0.6 is 11.3 Å². The molecule has 0 aliphatic rings. The van der Waals surface area contributed by atoms with E-state index >= 15 is 0 Å². The van der Waals surface area contributed by atoms with Crippen molar-refractivity contribution in [1.82, 2.24) is 15.6 Å². The Balaban J connectivity index is 2.33. The minimum Gasteiger partial charge on any atom is -0.338 e. The normalized spacial score (nSPS) is 11.4. The Kier molecular flexibility index (Phi) is 4.51. The predicted molar refractivity (Wildman–Crippen MR) is 71.3 cm³/mol. The quantitative estimate of drug-likeness (QED) is 0.872. The molecule has 17 heavy (non-hydrogen) atoms. The Morgan fingerprint density at radius 1 is 1.29 bits per heavy atom. The second kappa shape index (κ2) is 5.49. The minimum absolute atomic E-state index is 0.103. The van der Waals surface area contributed by atoms with Crippen LogP contribution in [-0.2, 0) is 6.54 Å². The molecule has 0 aliphatic heterocycles. The number of hydrogen-bond donors (Lipinski definition) is 2. The maximum atomic E-state index is 11.5. The first-order chi connectivity index (χ1) is 7.78. The molecule has 5 heteroatoms. The van der Waals surface area contributed by atoms with Gasteiger partial charge >= 0.3 is 6.03 Å². The van der Waals surface area contributed by atoms with Gasteiger partial charge in [-0.15, -0.1) is 11.3 Å². The van der Waals surface area contributed by atoms with Crippen LogP contribution in [0, 0.1) is 19.3 Å². The van der Waals surface area contributed by atoms with Gasteiger partial charge in [-0.2, -0.15) is 0 Å². The van der Waals surface area contributed by atoms with Crippen molar-refractivity contribution in [3.63, 3.8) is 0 Å². The fraction of sp³-hybridized carbons (Fsp3) is 0.667. The van der Waals surface area contributed by atoms with Gasteiger partial charge in [0.05, 0.1) is 12.2 Å². The van der Waals surface area contributed by atoms with E-state index in [0.29, 0.717) is 13.1 Å². The van der Waals surface area contributed by atoms with E-state index in [-0.39, 0.29) is 11.4 Å². The van der Waals surface area contributed by atoms with Crippen molar-refractivity contribution in [3.05, 3.63) is 15.6 Å². The molecule has 0 atom stereocenters. The van der Waals surface area contributed by atoms with Crippen molar-refractivity contribution in [3.8, 4) is 0 Å². The zero-order chi connectivity index (χ0) is 13.1. The van der Waals surface area contributed by atoms with Crippen LogP contribution < -0.4 is 10.6 Å². The van der Waals surface area contributed by atoms with Gasteiger partial charge in [0.25, 0.3) is 0 Å². The molecule has 0 bridgehead atoms. The molecule has 2 N–H and O–H groups in total. The molecular weight excluding hydrogens is 234 g/mol. The van der Waals surface area contributed by atoms with Crippen molar-refractivity contribution in [2.45, 2.75) is 41.2 Å². The highest BCUT2D eigenvalue weighted by Crippen LogP contribution is 2.15. The van der Waals surface area contributed by atoms with Crippen molar-refractivity contribution in [2.24, 2.45) is 5.41 Å². The summed E-state index contributed by atoms with van der Waals surface area (Å²) >= 11 is 1.63. The molecule has 0 spiro atoms. The second-order valence-electron chi connectivity index (χ2n) is 5.35. The number of thiazole rings is 1. The van der Waals surface area contributed by atoms with Crippen molar-refractivity contribution in [1.29, 1.82) is 0 Å². The summed E-state index contributed by atoms with van der Waals surface area (Å²) in [7, 11) is 0. The Morgan fingerprint density at radius 2 is 1.94 bits per heavy atom. The summed E-state index contributed by atoms with van der Waals surface area (Å²) in [6, 6.07) is -0.134. The molecule has 1 aromatic heterocycles. The van der Waals surface area contributed by atoms with Gasteiger partial charge in [0.2, 0.25) is 0 Å². The van der Waals surface area contributed by atoms with Gasteiger partial charge in [-0.25, -0.2) is 9.78 Å². The van der Waals surface area contributed by atoms with Gasteiger partial charge in [-0.3, -0.25) is 0 Å². The molecule has 0 aliphatic carbocycles. The predicted octanol–water partition coefficient (Wildman–Crippen LogP) is 2.61. The summed E-state index contributed by atoms with van der Waals surface area (Å²) in [6.45, 7) is 11.4. The molecule has 0 saturated heterocycles. The molecule has 2 amide bonds. The molecule has 0 aromatic carbocycles. The third-order valence-electron chi connectivity index (χ3n) is 2.25.